The van der Waals surface area contributed by atoms with E-state index in [0.717, 1.165) is 42.4 Å². The molecule has 2 heterocycles. The van der Waals surface area contributed by atoms with Gasteiger partial charge >= 0.3 is 5.97 Å². The van der Waals surface area contributed by atoms with Crippen molar-refractivity contribution in [3.63, 3.8) is 0 Å². The zero-order chi connectivity index (χ0) is 18.5. The second-order valence-corrected chi connectivity index (χ2v) is 7.31. The van der Waals surface area contributed by atoms with Crippen LogP contribution in [0.1, 0.15) is 62.7 Å². The van der Waals surface area contributed by atoms with Gasteiger partial charge in [-0.05, 0) is 45.1 Å². The largest absolute Gasteiger partial charge is 0.459 e. The lowest BCUT2D eigenvalue weighted by molar-refractivity contribution is 0.0378. The molecule has 1 aliphatic rings. The van der Waals surface area contributed by atoms with Crippen LogP contribution in [-0.2, 0) is 4.74 Å². The van der Waals surface area contributed by atoms with E-state index in [1.165, 1.54) is 6.42 Å². The molecule has 6 heteroatoms. The van der Waals surface area contributed by atoms with Crippen molar-refractivity contribution < 1.29 is 9.53 Å². The predicted molar refractivity (Wildman–Crippen MR) is 101 cm³/mol. The normalized spacial score (nSPS) is 20.1. The Labute approximate surface area is 153 Å². The van der Waals surface area contributed by atoms with Crippen molar-refractivity contribution in [2.75, 3.05) is 5.32 Å². The van der Waals surface area contributed by atoms with Crippen LogP contribution in [0.15, 0.2) is 18.5 Å². The summed E-state index contributed by atoms with van der Waals surface area (Å²) >= 11 is 0. The summed E-state index contributed by atoms with van der Waals surface area (Å²) in [5, 5.41) is 13.3. The molecule has 0 bridgehead atoms. The van der Waals surface area contributed by atoms with Crippen LogP contribution in [0, 0.1) is 17.2 Å². The smallest absolute Gasteiger partial charge is 0.342 e. The highest BCUT2D eigenvalue weighted by Crippen LogP contribution is 2.33. The fraction of sp³-hybridized carbons (Fsp3) is 0.550. The van der Waals surface area contributed by atoms with E-state index in [0.29, 0.717) is 23.9 Å². The summed E-state index contributed by atoms with van der Waals surface area (Å²) in [5.74, 6) is 0.213. The average molecular weight is 354 g/mol. The van der Waals surface area contributed by atoms with Crippen LogP contribution in [0.3, 0.4) is 0 Å². The summed E-state index contributed by atoms with van der Waals surface area (Å²) in [6, 6.07) is 4.48. The Morgan fingerprint density at radius 2 is 2.35 bits per heavy atom. The summed E-state index contributed by atoms with van der Waals surface area (Å²) in [5.41, 5.74) is 2.03. The highest BCUT2D eigenvalue weighted by molar-refractivity contribution is 6.04. The van der Waals surface area contributed by atoms with Gasteiger partial charge in [-0.2, -0.15) is 5.26 Å². The predicted octanol–water partition coefficient (Wildman–Crippen LogP) is 4.40. The summed E-state index contributed by atoms with van der Waals surface area (Å²) < 4.78 is 5.40. The van der Waals surface area contributed by atoms with E-state index in [1.807, 2.05) is 26.1 Å². The molecule has 1 saturated carbocycles. The third kappa shape index (κ3) is 4.16. The van der Waals surface area contributed by atoms with Gasteiger partial charge < -0.3 is 15.0 Å². The number of nitriles is 1. The minimum absolute atomic E-state index is 0.178. The number of aromatic nitrogens is 2. The molecule has 3 rings (SSSR count). The average Bonchev–Trinajstić information content (AvgIpc) is 3.09. The van der Waals surface area contributed by atoms with E-state index in [4.69, 9.17) is 10.00 Å². The molecule has 1 fully saturated rings. The Kier molecular flexibility index (Phi) is 5.77. The molecule has 138 valence electrons. The SMILES string of the molecule is CC(C)OC(=O)c1cnc2[nH]ccc2c1N[C@H]1CCC[C@@H](CCC#N)C1. The van der Waals surface area contributed by atoms with Gasteiger partial charge in [-0.25, -0.2) is 9.78 Å². The molecule has 2 aromatic rings. The summed E-state index contributed by atoms with van der Waals surface area (Å²) in [6.07, 6.45) is 9.21. The summed E-state index contributed by atoms with van der Waals surface area (Å²) in [7, 11) is 0. The van der Waals surface area contributed by atoms with E-state index in [2.05, 4.69) is 21.4 Å². The highest BCUT2D eigenvalue weighted by atomic mass is 16.5. The second-order valence-electron chi connectivity index (χ2n) is 7.31. The number of hydrogen-bond acceptors (Lipinski definition) is 5. The maximum Gasteiger partial charge on any atom is 0.342 e. The molecular weight excluding hydrogens is 328 g/mol. The third-order valence-corrected chi connectivity index (χ3v) is 4.94. The molecule has 2 atom stereocenters. The van der Waals surface area contributed by atoms with E-state index in [1.54, 1.807) is 6.20 Å². The van der Waals surface area contributed by atoms with E-state index < -0.39 is 0 Å². The van der Waals surface area contributed by atoms with Crippen molar-refractivity contribution >= 4 is 22.7 Å². The molecule has 0 saturated heterocycles. The van der Waals surface area contributed by atoms with Gasteiger partial charge in [0.2, 0.25) is 0 Å². The molecule has 0 radical (unpaired) electrons. The zero-order valence-electron chi connectivity index (χ0n) is 15.4. The number of fused-ring (bicyclic) bond motifs is 1. The van der Waals surface area contributed by atoms with E-state index >= 15 is 0 Å². The first kappa shape index (κ1) is 18.2. The number of rotatable bonds is 6. The van der Waals surface area contributed by atoms with Crippen LogP contribution in [0.4, 0.5) is 5.69 Å². The second kappa shape index (κ2) is 8.22. The maximum absolute atomic E-state index is 12.5. The molecule has 0 aliphatic heterocycles. The number of anilines is 1. The van der Waals surface area contributed by atoms with Crippen molar-refractivity contribution in [3.8, 4) is 6.07 Å². The maximum atomic E-state index is 12.5. The standard InChI is InChI=1S/C20H26N4O2/c1-13(2)26-20(25)17-12-23-19-16(8-10-22-19)18(17)24-15-7-3-5-14(11-15)6-4-9-21/h8,10,12-15H,3-7,11H2,1-2H3,(H2,22,23,24)/t14-,15-/m0/s1. The quantitative estimate of drug-likeness (QED) is 0.750. The number of hydrogen-bond donors (Lipinski definition) is 2. The molecular formula is C20H26N4O2. The van der Waals surface area contributed by atoms with Gasteiger partial charge in [-0.1, -0.05) is 12.8 Å². The number of carbonyl (C=O) groups excluding carboxylic acids is 1. The van der Waals surface area contributed by atoms with Gasteiger partial charge in [0.25, 0.3) is 0 Å². The van der Waals surface area contributed by atoms with Crippen LogP contribution >= 0.6 is 0 Å². The van der Waals surface area contributed by atoms with Gasteiger partial charge in [-0.15, -0.1) is 0 Å². The number of nitrogens with one attached hydrogen (secondary N) is 2. The Balaban J connectivity index is 1.84. The molecule has 0 unspecified atom stereocenters. The van der Waals surface area contributed by atoms with Gasteiger partial charge in [-0.3, -0.25) is 0 Å². The van der Waals surface area contributed by atoms with Crippen molar-refractivity contribution in [3.05, 3.63) is 24.0 Å². The topological polar surface area (TPSA) is 90.8 Å². The van der Waals surface area contributed by atoms with Crippen LogP contribution in [0.25, 0.3) is 11.0 Å². The number of pyridine rings is 1. The Morgan fingerprint density at radius 3 is 3.12 bits per heavy atom. The number of H-pyrrole nitrogens is 1. The van der Waals surface area contributed by atoms with E-state index in [-0.39, 0.29) is 12.1 Å². The number of ether oxygens (including phenoxy) is 1. The number of nitrogens with zero attached hydrogens (tertiary/aromatic N) is 2. The first-order chi connectivity index (χ1) is 12.6. The van der Waals surface area contributed by atoms with Gasteiger partial charge in [0, 0.05) is 30.2 Å². The first-order valence-corrected chi connectivity index (χ1v) is 9.39. The highest BCUT2D eigenvalue weighted by Gasteiger charge is 2.25. The zero-order valence-corrected chi connectivity index (χ0v) is 15.4. The molecule has 0 spiro atoms. The van der Waals surface area contributed by atoms with Crippen molar-refractivity contribution in [2.45, 2.75) is 64.5 Å². The fourth-order valence-electron chi connectivity index (χ4n) is 3.75. The third-order valence-electron chi connectivity index (χ3n) is 4.94. The van der Waals surface area contributed by atoms with Crippen LogP contribution in [0.5, 0.6) is 0 Å². The molecule has 6 nitrogen and oxygen atoms in total. The summed E-state index contributed by atoms with van der Waals surface area (Å²) in [6.45, 7) is 3.68. The lowest BCUT2D eigenvalue weighted by Crippen LogP contribution is -2.28. The number of esters is 1. The molecule has 1 aliphatic carbocycles. The monoisotopic (exact) mass is 354 g/mol. The van der Waals surface area contributed by atoms with Gasteiger partial charge in [0.05, 0.1) is 17.9 Å². The molecule has 26 heavy (non-hydrogen) atoms. The Hall–Kier alpha value is -2.55. The number of carbonyl (C=O) groups is 1. The van der Waals surface area contributed by atoms with Crippen LogP contribution in [-0.4, -0.2) is 28.1 Å². The Morgan fingerprint density at radius 1 is 1.50 bits per heavy atom. The van der Waals surface area contributed by atoms with Gasteiger partial charge in [0.1, 0.15) is 11.2 Å². The minimum Gasteiger partial charge on any atom is -0.459 e. The van der Waals surface area contributed by atoms with E-state index in [9.17, 15) is 4.79 Å². The van der Waals surface area contributed by atoms with Crippen molar-refractivity contribution in [1.82, 2.24) is 9.97 Å². The lowest BCUT2D eigenvalue weighted by Gasteiger charge is -2.30. The minimum atomic E-state index is -0.352. The van der Waals surface area contributed by atoms with Crippen LogP contribution in [0.2, 0.25) is 0 Å². The first-order valence-electron chi connectivity index (χ1n) is 9.39. The number of aromatic amines is 1. The molecule has 0 aromatic carbocycles. The van der Waals surface area contributed by atoms with Crippen molar-refractivity contribution in [2.24, 2.45) is 5.92 Å². The van der Waals surface area contributed by atoms with Gasteiger partial charge in [0.15, 0.2) is 0 Å². The fourth-order valence-corrected chi connectivity index (χ4v) is 3.75. The lowest BCUT2D eigenvalue weighted by atomic mass is 9.83. The molecule has 0 amide bonds. The molecule has 2 aromatic heterocycles. The Bertz CT molecular complexity index is 806. The summed E-state index contributed by atoms with van der Waals surface area (Å²) in [4.78, 5) is 20.0. The molecule has 2 N–H and O–H groups in total. The van der Waals surface area contributed by atoms with Crippen LogP contribution < -0.4 is 5.32 Å². The van der Waals surface area contributed by atoms with Crippen molar-refractivity contribution in [1.29, 1.82) is 5.26 Å².